The summed E-state index contributed by atoms with van der Waals surface area (Å²) < 4.78 is 22.0. The molecule has 1 aliphatic carbocycles. The van der Waals surface area contributed by atoms with Crippen molar-refractivity contribution in [2.45, 2.75) is 60.3 Å². The number of hydrogen-bond donors (Lipinski definition) is 1. The van der Waals surface area contributed by atoms with Crippen LogP contribution in [-0.4, -0.2) is 17.7 Å². The zero-order chi connectivity index (χ0) is 23.5. The van der Waals surface area contributed by atoms with Crippen molar-refractivity contribution in [2.75, 3.05) is 6.61 Å². The van der Waals surface area contributed by atoms with Crippen LogP contribution in [-0.2, 0) is 10.2 Å². The summed E-state index contributed by atoms with van der Waals surface area (Å²) in [4.78, 5) is 10.8. The van der Waals surface area contributed by atoms with E-state index in [4.69, 9.17) is 9.84 Å². The van der Waals surface area contributed by atoms with Crippen molar-refractivity contribution in [1.29, 1.82) is 0 Å². The van der Waals surface area contributed by atoms with Crippen molar-refractivity contribution in [2.24, 2.45) is 5.92 Å². The highest BCUT2D eigenvalue weighted by Crippen LogP contribution is 2.50. The summed E-state index contributed by atoms with van der Waals surface area (Å²) in [5, 5.41) is 8.84. The molecule has 0 aliphatic heterocycles. The fourth-order valence-electron chi connectivity index (χ4n) is 3.91. The van der Waals surface area contributed by atoms with E-state index < -0.39 is 11.8 Å². The van der Waals surface area contributed by atoms with E-state index in [1.165, 1.54) is 23.3 Å². The fourth-order valence-corrected chi connectivity index (χ4v) is 4.99. The van der Waals surface area contributed by atoms with E-state index >= 15 is 4.39 Å². The number of carbonyl (C=O) groups is 1. The van der Waals surface area contributed by atoms with Gasteiger partial charge in [0.05, 0.1) is 11.1 Å². The average Bonchev–Trinajstić information content (AvgIpc) is 2.66. The van der Waals surface area contributed by atoms with Gasteiger partial charge in [-0.15, -0.1) is 0 Å². The van der Waals surface area contributed by atoms with Gasteiger partial charge in [-0.1, -0.05) is 39.8 Å². The summed E-state index contributed by atoms with van der Waals surface area (Å²) >= 11 is 3.79. The quantitative estimate of drug-likeness (QED) is 0.312. The minimum Gasteiger partial charge on any atom is -0.492 e. The minimum absolute atomic E-state index is 0.0776. The highest BCUT2D eigenvalue weighted by Gasteiger charge is 2.34. The van der Waals surface area contributed by atoms with E-state index in [1.807, 2.05) is 13.0 Å². The lowest BCUT2D eigenvalue weighted by Crippen LogP contribution is -2.24. The number of hydrogen-bond acceptors (Lipinski definition) is 2. The van der Waals surface area contributed by atoms with Gasteiger partial charge >= 0.3 is 5.97 Å². The van der Waals surface area contributed by atoms with E-state index in [2.05, 4.69) is 49.7 Å². The Morgan fingerprint density at radius 2 is 1.97 bits per heavy atom. The van der Waals surface area contributed by atoms with Crippen molar-refractivity contribution < 1.29 is 19.0 Å². The normalized spacial score (nSPS) is 16.8. The molecule has 0 saturated heterocycles. The molecule has 5 heteroatoms. The van der Waals surface area contributed by atoms with Crippen molar-refractivity contribution >= 4 is 33.0 Å². The molecular formula is C26H32BrFO3. The van der Waals surface area contributed by atoms with E-state index in [9.17, 15) is 4.79 Å². The Morgan fingerprint density at radius 1 is 1.32 bits per heavy atom. The van der Waals surface area contributed by atoms with E-state index in [0.717, 1.165) is 22.5 Å². The summed E-state index contributed by atoms with van der Waals surface area (Å²) in [6, 6.07) is 2.04. The summed E-state index contributed by atoms with van der Waals surface area (Å²) in [5.74, 6) is -0.518. The molecule has 168 valence electrons. The van der Waals surface area contributed by atoms with Crippen molar-refractivity contribution in [3.05, 3.63) is 62.9 Å². The fraction of sp³-hybridized carbons (Fsp3) is 0.423. The van der Waals surface area contributed by atoms with Gasteiger partial charge in [-0.25, -0.2) is 9.18 Å². The number of benzene rings is 1. The van der Waals surface area contributed by atoms with Crippen LogP contribution in [0.4, 0.5) is 4.39 Å². The highest BCUT2D eigenvalue weighted by atomic mass is 79.9. The largest absolute Gasteiger partial charge is 0.492 e. The van der Waals surface area contributed by atoms with Gasteiger partial charge in [0, 0.05) is 11.6 Å². The lowest BCUT2D eigenvalue weighted by Gasteiger charge is -2.36. The predicted octanol–water partition coefficient (Wildman–Crippen LogP) is 7.86. The second-order valence-corrected chi connectivity index (χ2v) is 9.65. The Labute approximate surface area is 193 Å². The molecule has 0 unspecified atom stereocenters. The van der Waals surface area contributed by atoms with Gasteiger partial charge in [-0.05, 0) is 94.4 Å². The number of aliphatic carboxylic acids is 1. The third-order valence-electron chi connectivity index (χ3n) is 5.56. The lowest BCUT2D eigenvalue weighted by molar-refractivity contribution is -0.131. The van der Waals surface area contributed by atoms with Crippen LogP contribution in [0.3, 0.4) is 0 Å². The maximum Gasteiger partial charge on any atom is 0.328 e. The molecule has 1 N–H and O–H groups in total. The van der Waals surface area contributed by atoms with Crippen LogP contribution < -0.4 is 4.74 Å². The van der Waals surface area contributed by atoms with Crippen LogP contribution in [0, 0.1) is 5.92 Å². The lowest BCUT2D eigenvalue weighted by atomic mass is 9.70. The average molecular weight is 491 g/mol. The molecule has 0 radical (unpaired) electrons. The maximum atomic E-state index is 15.1. The van der Waals surface area contributed by atoms with Crippen LogP contribution in [0.2, 0.25) is 0 Å². The van der Waals surface area contributed by atoms with Crippen LogP contribution >= 0.6 is 15.9 Å². The van der Waals surface area contributed by atoms with Gasteiger partial charge < -0.3 is 9.84 Å². The number of fused-ring (bicyclic) bond motifs is 1. The first-order valence-corrected chi connectivity index (χ1v) is 11.4. The third-order valence-corrected chi connectivity index (χ3v) is 6.31. The number of rotatable bonds is 7. The number of carboxylic acid groups (broad SMARTS) is 1. The molecule has 0 saturated carbocycles. The number of carboxylic acids is 1. The minimum atomic E-state index is -1.06. The molecule has 1 aliphatic rings. The molecule has 0 spiro atoms. The van der Waals surface area contributed by atoms with Gasteiger partial charge in [-0.2, -0.15) is 0 Å². The summed E-state index contributed by atoms with van der Waals surface area (Å²) in [5.41, 5.74) is 5.08. The molecule has 1 aromatic carbocycles. The first-order valence-electron chi connectivity index (χ1n) is 10.6. The Balaban J connectivity index is 2.74. The SMILES string of the molecule is CCOc1c(\C(C)=C(F)/C=C/C(C)=C/C(=O)O)cc2c(c1Br)C(C)(C)CC=C2C(C)C. The monoisotopic (exact) mass is 490 g/mol. The van der Waals surface area contributed by atoms with Crippen LogP contribution in [0.5, 0.6) is 5.75 Å². The van der Waals surface area contributed by atoms with E-state index in [-0.39, 0.29) is 5.41 Å². The predicted molar refractivity (Wildman–Crippen MR) is 130 cm³/mol. The molecule has 0 amide bonds. The summed E-state index contributed by atoms with van der Waals surface area (Å²) in [6.45, 7) is 14.5. The van der Waals surface area contributed by atoms with Crippen molar-refractivity contribution in [3.63, 3.8) is 0 Å². The second-order valence-electron chi connectivity index (χ2n) is 8.86. The Bertz CT molecular complexity index is 994. The smallest absolute Gasteiger partial charge is 0.328 e. The molecule has 3 nitrogen and oxygen atoms in total. The summed E-state index contributed by atoms with van der Waals surface area (Å²) in [6.07, 6.45) is 7.03. The summed E-state index contributed by atoms with van der Waals surface area (Å²) in [7, 11) is 0. The van der Waals surface area contributed by atoms with Gasteiger partial charge in [0.2, 0.25) is 0 Å². The second kappa shape index (κ2) is 9.99. The van der Waals surface area contributed by atoms with Gasteiger partial charge in [0.15, 0.2) is 0 Å². The zero-order valence-corrected chi connectivity index (χ0v) is 21.0. The third kappa shape index (κ3) is 5.57. The van der Waals surface area contributed by atoms with Crippen molar-refractivity contribution in [3.8, 4) is 5.75 Å². The van der Waals surface area contributed by atoms with Gasteiger partial charge in [-0.3, -0.25) is 0 Å². The number of allylic oxidation sites excluding steroid dienone is 7. The molecule has 0 bridgehead atoms. The first kappa shape index (κ1) is 25.1. The topological polar surface area (TPSA) is 46.5 Å². The highest BCUT2D eigenvalue weighted by molar-refractivity contribution is 9.10. The molecule has 0 atom stereocenters. The van der Waals surface area contributed by atoms with Gasteiger partial charge in [0.1, 0.15) is 11.6 Å². The number of halogens is 2. The van der Waals surface area contributed by atoms with Crippen LogP contribution in [0.15, 0.2) is 46.2 Å². The standard InChI is InChI=1S/C26H32BrFO3/c1-8-31-25-19(17(5)21(28)10-9-16(4)13-22(29)30)14-20-18(15(2)3)11-12-26(6,7)23(20)24(25)27/h9-11,13-15H,8,12H2,1-7H3,(H,29,30)/b10-9+,16-13+,21-17+. The van der Waals surface area contributed by atoms with E-state index in [0.29, 0.717) is 35.0 Å². The zero-order valence-electron chi connectivity index (χ0n) is 19.4. The molecule has 31 heavy (non-hydrogen) atoms. The molecule has 0 heterocycles. The van der Waals surface area contributed by atoms with Crippen LogP contribution in [0.1, 0.15) is 71.6 Å². The van der Waals surface area contributed by atoms with Crippen molar-refractivity contribution in [1.82, 2.24) is 0 Å². The maximum absolute atomic E-state index is 15.1. The first-order chi connectivity index (χ1) is 14.4. The Kier molecular flexibility index (Phi) is 8.09. The molecule has 0 aromatic heterocycles. The molecule has 0 fully saturated rings. The van der Waals surface area contributed by atoms with Crippen LogP contribution in [0.25, 0.3) is 11.1 Å². The Hall–Kier alpha value is -2.14. The number of ether oxygens (including phenoxy) is 1. The molecule has 1 aromatic rings. The van der Waals surface area contributed by atoms with Gasteiger partial charge in [0.25, 0.3) is 0 Å². The Morgan fingerprint density at radius 3 is 2.52 bits per heavy atom. The molecular weight excluding hydrogens is 459 g/mol. The molecule has 2 rings (SSSR count). The van der Waals surface area contributed by atoms with E-state index in [1.54, 1.807) is 13.8 Å².